The van der Waals surface area contributed by atoms with Crippen LogP contribution in [0.25, 0.3) is 0 Å². The normalized spacial score (nSPS) is 10.1. The number of rotatable bonds is 10. The van der Waals surface area contributed by atoms with Crippen LogP contribution in [0.1, 0.15) is 65.2 Å². The molecule has 3 nitrogen and oxygen atoms in total. The van der Waals surface area contributed by atoms with Crippen molar-refractivity contribution < 1.29 is 14.4 Å². The Hall–Kier alpha value is -0.990. The molecule has 0 aliphatic heterocycles. The highest BCUT2D eigenvalue weighted by Crippen LogP contribution is 2.05. The fourth-order valence-electron chi connectivity index (χ4n) is 1.42. The second-order valence-corrected chi connectivity index (χ2v) is 4.24. The third-order valence-electron chi connectivity index (χ3n) is 2.50. The van der Waals surface area contributed by atoms with E-state index in [-0.39, 0.29) is 23.8 Å². The molecule has 0 unspecified atom stereocenters. The molecule has 16 heavy (non-hydrogen) atoms. The summed E-state index contributed by atoms with van der Waals surface area (Å²) in [6, 6.07) is 0. The van der Waals surface area contributed by atoms with Gasteiger partial charge in [0.15, 0.2) is 0 Å². The predicted molar refractivity (Wildman–Crippen MR) is 63.3 cm³/mol. The van der Waals surface area contributed by atoms with Gasteiger partial charge in [0.1, 0.15) is 17.3 Å². The van der Waals surface area contributed by atoms with Crippen molar-refractivity contribution in [1.29, 1.82) is 0 Å². The van der Waals surface area contributed by atoms with Crippen molar-refractivity contribution in [3.05, 3.63) is 0 Å². The summed E-state index contributed by atoms with van der Waals surface area (Å²) in [6.07, 6.45) is 4.94. The van der Waals surface area contributed by atoms with Crippen LogP contribution >= 0.6 is 0 Å². The smallest absolute Gasteiger partial charge is 0.133 e. The third-order valence-corrected chi connectivity index (χ3v) is 2.50. The molecular formula is C13H22O3. The average molecular weight is 226 g/mol. The van der Waals surface area contributed by atoms with Crippen LogP contribution in [-0.2, 0) is 14.4 Å². The molecule has 0 heterocycles. The van der Waals surface area contributed by atoms with E-state index in [1.54, 1.807) is 0 Å². The Labute approximate surface area is 97.6 Å². The number of hydrogen-bond donors (Lipinski definition) is 0. The predicted octanol–water partition coefficient (Wildman–Crippen LogP) is 2.85. The average Bonchev–Trinajstić information content (AvgIpc) is 2.24. The van der Waals surface area contributed by atoms with Crippen molar-refractivity contribution in [3.8, 4) is 0 Å². The molecule has 92 valence electrons. The lowest BCUT2D eigenvalue weighted by Crippen LogP contribution is -2.05. The number of unbranched alkanes of at least 4 members (excludes halogenated alkanes) is 2. The van der Waals surface area contributed by atoms with E-state index in [4.69, 9.17) is 0 Å². The quantitative estimate of drug-likeness (QED) is 0.538. The summed E-state index contributed by atoms with van der Waals surface area (Å²) in [5.74, 6) is 0.228. The summed E-state index contributed by atoms with van der Waals surface area (Å²) in [5.41, 5.74) is 0. The highest BCUT2D eigenvalue weighted by molar-refractivity contribution is 5.88. The number of carbonyl (C=O) groups excluding carboxylic acids is 3. The molecule has 0 bridgehead atoms. The van der Waals surface area contributed by atoms with Gasteiger partial charge in [-0.25, -0.2) is 0 Å². The van der Waals surface area contributed by atoms with E-state index in [0.717, 1.165) is 19.3 Å². The van der Waals surface area contributed by atoms with Gasteiger partial charge in [-0.15, -0.1) is 0 Å². The summed E-state index contributed by atoms with van der Waals surface area (Å²) in [6.45, 7) is 3.57. The van der Waals surface area contributed by atoms with Crippen LogP contribution in [0.2, 0.25) is 0 Å². The third kappa shape index (κ3) is 9.56. The molecule has 0 amide bonds. The van der Waals surface area contributed by atoms with Crippen LogP contribution in [0.3, 0.4) is 0 Å². The van der Waals surface area contributed by atoms with E-state index >= 15 is 0 Å². The molecule has 0 aliphatic rings. The van der Waals surface area contributed by atoms with E-state index in [2.05, 4.69) is 6.92 Å². The first kappa shape index (κ1) is 15.0. The molecule has 0 atom stereocenters. The summed E-state index contributed by atoms with van der Waals surface area (Å²) in [4.78, 5) is 33.3. The lowest BCUT2D eigenvalue weighted by Gasteiger charge is -2.00. The zero-order valence-electron chi connectivity index (χ0n) is 10.4. The van der Waals surface area contributed by atoms with Crippen molar-refractivity contribution in [1.82, 2.24) is 0 Å². The fourth-order valence-corrected chi connectivity index (χ4v) is 1.42. The van der Waals surface area contributed by atoms with Crippen LogP contribution in [0, 0.1) is 0 Å². The lowest BCUT2D eigenvalue weighted by molar-refractivity contribution is -0.125. The second-order valence-electron chi connectivity index (χ2n) is 4.24. The maximum atomic E-state index is 11.3. The highest BCUT2D eigenvalue weighted by atomic mass is 16.1. The molecular weight excluding hydrogens is 204 g/mol. The minimum Gasteiger partial charge on any atom is -0.300 e. The summed E-state index contributed by atoms with van der Waals surface area (Å²) >= 11 is 0. The topological polar surface area (TPSA) is 51.2 Å². The molecule has 0 aromatic rings. The highest BCUT2D eigenvalue weighted by Gasteiger charge is 2.07. The Morgan fingerprint density at radius 2 is 1.25 bits per heavy atom. The molecule has 0 aromatic carbocycles. The molecule has 3 heteroatoms. The van der Waals surface area contributed by atoms with Gasteiger partial charge in [-0.1, -0.05) is 19.8 Å². The van der Waals surface area contributed by atoms with Crippen molar-refractivity contribution in [2.45, 2.75) is 65.2 Å². The van der Waals surface area contributed by atoms with E-state index in [1.807, 2.05) is 0 Å². The van der Waals surface area contributed by atoms with Crippen molar-refractivity contribution >= 4 is 17.3 Å². The fraction of sp³-hybridized carbons (Fsp3) is 0.769. The lowest BCUT2D eigenvalue weighted by atomic mass is 10.0. The SMILES string of the molecule is CCCCCC(=O)CCC(=O)CCC(C)=O. The Morgan fingerprint density at radius 1 is 0.750 bits per heavy atom. The van der Waals surface area contributed by atoms with E-state index < -0.39 is 0 Å². The van der Waals surface area contributed by atoms with Gasteiger partial charge in [-0.2, -0.15) is 0 Å². The van der Waals surface area contributed by atoms with Gasteiger partial charge in [-0.3, -0.25) is 9.59 Å². The Bertz CT molecular complexity index is 244. The molecule has 0 N–H and O–H groups in total. The Kier molecular flexibility index (Phi) is 8.68. The van der Waals surface area contributed by atoms with Crippen LogP contribution in [0.15, 0.2) is 0 Å². The number of hydrogen-bond acceptors (Lipinski definition) is 3. The van der Waals surface area contributed by atoms with Gasteiger partial charge in [-0.05, 0) is 13.3 Å². The summed E-state index contributed by atoms with van der Waals surface area (Å²) in [5, 5.41) is 0. The zero-order valence-corrected chi connectivity index (χ0v) is 10.4. The van der Waals surface area contributed by atoms with Gasteiger partial charge in [0.2, 0.25) is 0 Å². The van der Waals surface area contributed by atoms with E-state index in [1.165, 1.54) is 6.92 Å². The van der Waals surface area contributed by atoms with Crippen LogP contribution in [0.5, 0.6) is 0 Å². The minimum absolute atomic E-state index is 0.0269. The van der Waals surface area contributed by atoms with Crippen molar-refractivity contribution in [3.63, 3.8) is 0 Å². The van der Waals surface area contributed by atoms with Gasteiger partial charge >= 0.3 is 0 Å². The molecule has 0 radical (unpaired) electrons. The first-order valence-corrected chi connectivity index (χ1v) is 6.09. The summed E-state index contributed by atoms with van der Waals surface area (Å²) < 4.78 is 0. The first-order chi connectivity index (χ1) is 7.56. The van der Waals surface area contributed by atoms with E-state index in [9.17, 15) is 14.4 Å². The molecule has 0 spiro atoms. The van der Waals surface area contributed by atoms with Crippen molar-refractivity contribution in [2.75, 3.05) is 0 Å². The molecule has 0 aromatic heterocycles. The van der Waals surface area contributed by atoms with Gasteiger partial charge in [0.25, 0.3) is 0 Å². The second kappa shape index (κ2) is 9.25. The number of carbonyl (C=O) groups is 3. The maximum Gasteiger partial charge on any atom is 0.133 e. The van der Waals surface area contributed by atoms with Crippen LogP contribution in [0.4, 0.5) is 0 Å². The molecule has 0 aliphatic carbocycles. The monoisotopic (exact) mass is 226 g/mol. The molecule has 0 saturated heterocycles. The standard InChI is InChI=1S/C13H22O3/c1-3-4-5-6-12(15)9-10-13(16)8-7-11(2)14/h3-10H2,1-2H3. The van der Waals surface area contributed by atoms with Crippen molar-refractivity contribution in [2.24, 2.45) is 0 Å². The van der Waals surface area contributed by atoms with Gasteiger partial charge < -0.3 is 4.79 Å². The van der Waals surface area contributed by atoms with E-state index in [0.29, 0.717) is 25.7 Å². The largest absolute Gasteiger partial charge is 0.300 e. The Morgan fingerprint density at radius 3 is 1.75 bits per heavy atom. The number of Topliss-reactive ketones (excluding diaryl/α,β-unsaturated/α-hetero) is 3. The summed E-state index contributed by atoms with van der Waals surface area (Å²) in [7, 11) is 0. The molecule has 0 rings (SSSR count). The van der Waals surface area contributed by atoms with Gasteiger partial charge in [0.05, 0.1) is 0 Å². The zero-order chi connectivity index (χ0) is 12.4. The van der Waals surface area contributed by atoms with Crippen LogP contribution in [-0.4, -0.2) is 17.3 Å². The minimum atomic E-state index is 0.0269. The van der Waals surface area contributed by atoms with Crippen LogP contribution < -0.4 is 0 Å². The first-order valence-electron chi connectivity index (χ1n) is 6.09. The van der Waals surface area contributed by atoms with Gasteiger partial charge in [0, 0.05) is 32.1 Å². The molecule has 0 saturated carbocycles. The number of ketones is 3. The Balaban J connectivity index is 3.51. The molecule has 0 fully saturated rings. The maximum absolute atomic E-state index is 11.3.